The number of rotatable bonds is 7. The van der Waals surface area contributed by atoms with Crippen LogP contribution in [0.1, 0.15) is 37.3 Å². The van der Waals surface area contributed by atoms with Crippen molar-refractivity contribution in [2.24, 2.45) is 4.99 Å². The van der Waals surface area contributed by atoms with Crippen LogP contribution in [0.3, 0.4) is 0 Å². The molecule has 1 atom stereocenters. The van der Waals surface area contributed by atoms with E-state index in [0.29, 0.717) is 32.8 Å². The first-order valence-electron chi connectivity index (χ1n) is 10.7. The zero-order valence-electron chi connectivity index (χ0n) is 18.1. The largest absolute Gasteiger partial charge is 0.377 e. The van der Waals surface area contributed by atoms with Gasteiger partial charge in [-0.05, 0) is 30.4 Å². The molecule has 7 nitrogen and oxygen atoms in total. The Bertz CT molecular complexity index is 687. The molecule has 0 radical (unpaired) electrons. The van der Waals surface area contributed by atoms with E-state index < -0.39 is 0 Å². The standard InChI is InChI=1S/C22H34N4O3.HI/c1-3-14-28-17-19-8-5-4-7-18(19)16-24-22(23-2)26-12-10-25(11-13-26)21(27)20-9-6-15-29-20;/h4-5,7-8,20H,3,6,9-17H2,1-2H3,(H,23,24);1H. The molecule has 1 unspecified atom stereocenters. The fraction of sp³-hybridized carbons (Fsp3) is 0.636. The van der Waals surface area contributed by atoms with Crippen molar-refractivity contribution in [3.8, 4) is 0 Å². The summed E-state index contributed by atoms with van der Waals surface area (Å²) < 4.78 is 11.3. The number of nitrogens with zero attached hydrogens (tertiary/aromatic N) is 3. The first-order valence-corrected chi connectivity index (χ1v) is 10.7. The molecule has 2 saturated heterocycles. The van der Waals surface area contributed by atoms with Gasteiger partial charge >= 0.3 is 0 Å². The van der Waals surface area contributed by atoms with Gasteiger partial charge in [-0.3, -0.25) is 9.79 Å². The zero-order chi connectivity index (χ0) is 20.5. The van der Waals surface area contributed by atoms with Crippen LogP contribution >= 0.6 is 24.0 Å². The summed E-state index contributed by atoms with van der Waals surface area (Å²) in [6.07, 6.45) is 2.63. The molecule has 1 N–H and O–H groups in total. The number of piperazine rings is 1. The van der Waals surface area contributed by atoms with Crippen LogP contribution in [0.25, 0.3) is 0 Å². The zero-order valence-corrected chi connectivity index (χ0v) is 20.5. The van der Waals surface area contributed by atoms with Crippen LogP contribution in [0.2, 0.25) is 0 Å². The molecular weight excluding hydrogens is 495 g/mol. The molecule has 3 rings (SSSR count). The number of hydrogen-bond donors (Lipinski definition) is 1. The van der Waals surface area contributed by atoms with Crippen LogP contribution in [0.5, 0.6) is 0 Å². The summed E-state index contributed by atoms with van der Waals surface area (Å²) >= 11 is 0. The second-order valence-electron chi connectivity index (χ2n) is 7.54. The van der Waals surface area contributed by atoms with Crippen LogP contribution in [-0.4, -0.2) is 74.2 Å². The number of ether oxygens (including phenoxy) is 2. The highest BCUT2D eigenvalue weighted by Crippen LogP contribution is 2.16. The first-order chi connectivity index (χ1) is 14.2. The fourth-order valence-electron chi connectivity index (χ4n) is 3.82. The van der Waals surface area contributed by atoms with Crippen molar-refractivity contribution in [1.82, 2.24) is 15.1 Å². The van der Waals surface area contributed by atoms with E-state index in [9.17, 15) is 4.79 Å². The summed E-state index contributed by atoms with van der Waals surface area (Å²) in [5.41, 5.74) is 2.42. The summed E-state index contributed by atoms with van der Waals surface area (Å²) in [5, 5.41) is 3.48. The predicted octanol–water partition coefficient (Wildman–Crippen LogP) is 2.63. The molecule has 0 saturated carbocycles. The smallest absolute Gasteiger partial charge is 0.251 e. The summed E-state index contributed by atoms with van der Waals surface area (Å²) in [6, 6.07) is 8.35. The molecule has 0 spiro atoms. The topological polar surface area (TPSA) is 66.4 Å². The van der Waals surface area contributed by atoms with E-state index in [1.807, 2.05) is 18.0 Å². The van der Waals surface area contributed by atoms with E-state index in [2.05, 4.69) is 40.3 Å². The molecular formula is C22H35IN4O3. The number of aliphatic imine (C=N–C) groups is 1. The minimum atomic E-state index is -0.231. The van der Waals surface area contributed by atoms with Gasteiger partial charge in [0.1, 0.15) is 6.10 Å². The molecule has 0 aliphatic carbocycles. The van der Waals surface area contributed by atoms with E-state index in [4.69, 9.17) is 9.47 Å². The van der Waals surface area contributed by atoms with Crippen molar-refractivity contribution in [3.05, 3.63) is 35.4 Å². The predicted molar refractivity (Wildman–Crippen MR) is 129 cm³/mol. The maximum Gasteiger partial charge on any atom is 0.251 e. The van der Waals surface area contributed by atoms with E-state index in [0.717, 1.165) is 44.9 Å². The van der Waals surface area contributed by atoms with Crippen molar-refractivity contribution in [2.75, 3.05) is 46.4 Å². The monoisotopic (exact) mass is 530 g/mol. The Labute approximate surface area is 197 Å². The maximum atomic E-state index is 12.5. The number of guanidine groups is 1. The average molecular weight is 530 g/mol. The third-order valence-corrected chi connectivity index (χ3v) is 5.47. The van der Waals surface area contributed by atoms with Gasteiger partial charge in [0, 0.05) is 53.0 Å². The van der Waals surface area contributed by atoms with Crippen LogP contribution in [0.15, 0.2) is 29.3 Å². The van der Waals surface area contributed by atoms with Gasteiger partial charge in [-0.1, -0.05) is 31.2 Å². The Kier molecular flexibility index (Phi) is 10.9. The Balaban J connectivity index is 0.00000320. The Morgan fingerprint density at radius 3 is 2.53 bits per heavy atom. The molecule has 0 bridgehead atoms. The number of benzene rings is 1. The lowest BCUT2D eigenvalue weighted by molar-refractivity contribution is -0.142. The van der Waals surface area contributed by atoms with Crippen LogP contribution in [0.4, 0.5) is 0 Å². The number of carbonyl (C=O) groups excluding carboxylic acids is 1. The highest BCUT2D eigenvalue weighted by Gasteiger charge is 2.30. The molecule has 2 fully saturated rings. The van der Waals surface area contributed by atoms with Gasteiger partial charge in [0.15, 0.2) is 5.96 Å². The molecule has 1 aromatic rings. The second-order valence-corrected chi connectivity index (χ2v) is 7.54. The minimum Gasteiger partial charge on any atom is -0.377 e. The normalized spacial score (nSPS) is 19.5. The van der Waals surface area contributed by atoms with Crippen LogP contribution < -0.4 is 5.32 Å². The highest BCUT2D eigenvalue weighted by atomic mass is 127. The number of nitrogens with one attached hydrogen (secondary N) is 1. The third-order valence-electron chi connectivity index (χ3n) is 5.47. The van der Waals surface area contributed by atoms with Crippen molar-refractivity contribution in [3.63, 3.8) is 0 Å². The molecule has 2 heterocycles. The van der Waals surface area contributed by atoms with Crippen LogP contribution in [-0.2, 0) is 27.4 Å². The highest BCUT2D eigenvalue weighted by molar-refractivity contribution is 14.0. The number of carbonyl (C=O) groups is 1. The van der Waals surface area contributed by atoms with Gasteiger partial charge < -0.3 is 24.6 Å². The van der Waals surface area contributed by atoms with Crippen LogP contribution in [0, 0.1) is 0 Å². The maximum absolute atomic E-state index is 12.5. The molecule has 2 aliphatic heterocycles. The summed E-state index contributed by atoms with van der Waals surface area (Å²) in [6.45, 7) is 7.91. The molecule has 2 aliphatic rings. The first kappa shape index (κ1) is 24.9. The van der Waals surface area contributed by atoms with Gasteiger partial charge in [-0.15, -0.1) is 24.0 Å². The van der Waals surface area contributed by atoms with Crippen molar-refractivity contribution in [2.45, 2.75) is 45.4 Å². The van der Waals surface area contributed by atoms with Crippen molar-refractivity contribution < 1.29 is 14.3 Å². The van der Waals surface area contributed by atoms with Crippen molar-refractivity contribution >= 4 is 35.8 Å². The number of halogens is 1. The van der Waals surface area contributed by atoms with Gasteiger partial charge in [0.25, 0.3) is 5.91 Å². The molecule has 1 amide bonds. The number of amides is 1. The van der Waals surface area contributed by atoms with Gasteiger partial charge in [-0.2, -0.15) is 0 Å². The minimum absolute atomic E-state index is 0. The van der Waals surface area contributed by atoms with Gasteiger partial charge in [-0.25, -0.2) is 0 Å². The third kappa shape index (κ3) is 6.81. The second kappa shape index (κ2) is 13.1. The van der Waals surface area contributed by atoms with E-state index in [1.54, 1.807) is 0 Å². The fourth-order valence-corrected chi connectivity index (χ4v) is 3.82. The van der Waals surface area contributed by atoms with Crippen molar-refractivity contribution in [1.29, 1.82) is 0 Å². The Hall–Kier alpha value is -1.39. The Morgan fingerprint density at radius 1 is 1.20 bits per heavy atom. The SMILES string of the molecule is CCCOCc1ccccc1CNC(=NC)N1CCN(C(=O)C2CCCO2)CC1.I. The lowest BCUT2D eigenvalue weighted by atomic mass is 10.1. The molecule has 30 heavy (non-hydrogen) atoms. The van der Waals surface area contributed by atoms with Gasteiger partial charge in [0.2, 0.25) is 0 Å². The molecule has 8 heteroatoms. The lowest BCUT2D eigenvalue weighted by Gasteiger charge is -2.37. The van der Waals surface area contributed by atoms with E-state index in [-0.39, 0.29) is 36.0 Å². The number of hydrogen-bond acceptors (Lipinski definition) is 4. The average Bonchev–Trinajstić information content (AvgIpc) is 3.30. The van der Waals surface area contributed by atoms with Gasteiger partial charge in [0.05, 0.1) is 6.61 Å². The van der Waals surface area contributed by atoms with E-state index in [1.165, 1.54) is 11.1 Å². The summed E-state index contributed by atoms with van der Waals surface area (Å²) in [7, 11) is 1.81. The molecule has 0 aromatic heterocycles. The summed E-state index contributed by atoms with van der Waals surface area (Å²) in [4.78, 5) is 21.1. The molecule has 168 valence electrons. The Morgan fingerprint density at radius 2 is 1.90 bits per heavy atom. The lowest BCUT2D eigenvalue weighted by Crippen LogP contribution is -2.55. The molecule has 1 aromatic carbocycles. The quantitative estimate of drug-likeness (QED) is 0.254. The summed E-state index contributed by atoms with van der Waals surface area (Å²) in [5.74, 6) is 1.02. The van der Waals surface area contributed by atoms with E-state index >= 15 is 0 Å².